The highest BCUT2D eigenvalue weighted by Gasteiger charge is 2.26. The topological polar surface area (TPSA) is 69.4 Å². The molecular formula is C17H13ClINO3. The van der Waals surface area contributed by atoms with Crippen molar-refractivity contribution in [1.29, 1.82) is 0 Å². The van der Waals surface area contributed by atoms with Gasteiger partial charge < -0.3 is 10.5 Å². The SMILES string of the molecule is COC(=O)/C(C(=O)c1ccccc1Cl)=C(\N)c1ccc(I)cc1. The zero-order valence-corrected chi connectivity index (χ0v) is 15.1. The van der Waals surface area contributed by atoms with Crippen LogP contribution in [0.3, 0.4) is 0 Å². The largest absolute Gasteiger partial charge is 0.465 e. The summed E-state index contributed by atoms with van der Waals surface area (Å²) in [5.74, 6) is -1.37. The molecule has 0 spiro atoms. The van der Waals surface area contributed by atoms with Gasteiger partial charge in [-0.15, -0.1) is 0 Å². The van der Waals surface area contributed by atoms with Gasteiger partial charge in [-0.25, -0.2) is 4.79 Å². The Labute approximate surface area is 152 Å². The van der Waals surface area contributed by atoms with Gasteiger partial charge in [0.2, 0.25) is 5.78 Å². The lowest BCUT2D eigenvalue weighted by Crippen LogP contribution is -2.20. The van der Waals surface area contributed by atoms with E-state index in [9.17, 15) is 9.59 Å². The van der Waals surface area contributed by atoms with E-state index in [0.717, 1.165) is 3.57 Å². The Bertz CT molecular complexity index is 785. The molecule has 0 aromatic heterocycles. The minimum Gasteiger partial charge on any atom is -0.465 e. The van der Waals surface area contributed by atoms with E-state index < -0.39 is 11.8 Å². The fraction of sp³-hybridized carbons (Fsp3) is 0.0588. The number of ketones is 1. The molecule has 0 heterocycles. The summed E-state index contributed by atoms with van der Waals surface area (Å²) in [5.41, 5.74) is 6.64. The van der Waals surface area contributed by atoms with E-state index in [4.69, 9.17) is 22.1 Å². The molecule has 0 saturated heterocycles. The van der Waals surface area contributed by atoms with Gasteiger partial charge in [0.1, 0.15) is 5.57 Å². The Hall–Kier alpha value is -1.86. The zero-order valence-electron chi connectivity index (χ0n) is 12.2. The van der Waals surface area contributed by atoms with Crippen LogP contribution in [-0.4, -0.2) is 18.9 Å². The lowest BCUT2D eigenvalue weighted by atomic mass is 9.98. The summed E-state index contributed by atoms with van der Waals surface area (Å²) >= 11 is 8.20. The van der Waals surface area contributed by atoms with E-state index >= 15 is 0 Å². The van der Waals surface area contributed by atoms with Crippen LogP contribution in [0.15, 0.2) is 54.1 Å². The van der Waals surface area contributed by atoms with Crippen LogP contribution in [-0.2, 0) is 9.53 Å². The van der Waals surface area contributed by atoms with Crippen molar-refractivity contribution < 1.29 is 14.3 Å². The van der Waals surface area contributed by atoms with E-state index in [2.05, 4.69) is 22.6 Å². The molecule has 2 aromatic rings. The minimum atomic E-state index is -0.800. The Balaban J connectivity index is 2.59. The second-order valence-corrected chi connectivity index (χ2v) is 6.25. The molecule has 0 aliphatic heterocycles. The molecule has 0 bridgehead atoms. The van der Waals surface area contributed by atoms with Crippen molar-refractivity contribution in [2.75, 3.05) is 7.11 Å². The third-order valence-electron chi connectivity index (χ3n) is 3.16. The zero-order chi connectivity index (χ0) is 17.0. The highest BCUT2D eigenvalue weighted by molar-refractivity contribution is 14.1. The molecule has 0 atom stereocenters. The van der Waals surface area contributed by atoms with Crippen molar-refractivity contribution in [2.45, 2.75) is 0 Å². The van der Waals surface area contributed by atoms with Gasteiger partial charge in [0.15, 0.2) is 0 Å². The molecule has 0 amide bonds. The van der Waals surface area contributed by atoms with E-state index in [0.29, 0.717) is 5.56 Å². The number of esters is 1. The summed E-state index contributed by atoms with van der Waals surface area (Å²) in [7, 11) is 1.20. The number of benzene rings is 2. The molecule has 0 fully saturated rings. The maximum absolute atomic E-state index is 12.7. The Morgan fingerprint density at radius 3 is 2.26 bits per heavy atom. The molecule has 0 aliphatic rings. The van der Waals surface area contributed by atoms with Crippen molar-refractivity contribution in [2.24, 2.45) is 5.73 Å². The Morgan fingerprint density at radius 2 is 1.70 bits per heavy atom. The molecule has 6 heteroatoms. The number of carbonyl (C=O) groups excluding carboxylic acids is 2. The highest BCUT2D eigenvalue weighted by Crippen LogP contribution is 2.23. The van der Waals surface area contributed by atoms with Gasteiger partial charge in [0, 0.05) is 9.13 Å². The first-order chi connectivity index (χ1) is 11.0. The molecule has 23 heavy (non-hydrogen) atoms. The standard InChI is InChI=1S/C17H13ClINO3/c1-23-17(22)14(15(20)10-6-8-11(19)9-7-10)16(21)12-4-2-3-5-13(12)18/h2-9H,20H2,1H3/b15-14-. The second kappa shape index (κ2) is 7.61. The van der Waals surface area contributed by atoms with E-state index in [1.165, 1.54) is 13.2 Å². The fourth-order valence-electron chi connectivity index (χ4n) is 1.98. The molecule has 0 aliphatic carbocycles. The molecule has 118 valence electrons. The summed E-state index contributed by atoms with van der Waals surface area (Å²) in [6, 6.07) is 13.6. The van der Waals surface area contributed by atoms with Crippen molar-refractivity contribution in [3.63, 3.8) is 0 Å². The van der Waals surface area contributed by atoms with E-state index in [1.807, 2.05) is 12.1 Å². The molecule has 0 radical (unpaired) electrons. The summed E-state index contributed by atoms with van der Waals surface area (Å²) in [6.45, 7) is 0. The van der Waals surface area contributed by atoms with E-state index in [1.54, 1.807) is 30.3 Å². The number of hydrogen-bond donors (Lipinski definition) is 1. The van der Waals surface area contributed by atoms with Crippen molar-refractivity contribution in [3.05, 3.63) is 73.8 Å². The molecule has 0 saturated carbocycles. The molecule has 4 nitrogen and oxygen atoms in total. The third-order valence-corrected chi connectivity index (χ3v) is 4.21. The van der Waals surface area contributed by atoms with E-state index in [-0.39, 0.29) is 21.9 Å². The maximum atomic E-state index is 12.7. The third kappa shape index (κ3) is 3.92. The van der Waals surface area contributed by atoms with Gasteiger partial charge >= 0.3 is 5.97 Å². The normalized spacial score (nSPS) is 11.6. The van der Waals surface area contributed by atoms with Gasteiger partial charge in [-0.2, -0.15) is 0 Å². The number of Topliss-reactive ketones (excluding diaryl/α,β-unsaturated/α-hetero) is 1. The first kappa shape index (κ1) is 17.5. The quantitative estimate of drug-likeness (QED) is 0.196. The summed E-state index contributed by atoms with van der Waals surface area (Å²) in [5, 5.41) is 0.245. The van der Waals surface area contributed by atoms with Crippen LogP contribution in [0.1, 0.15) is 15.9 Å². The average Bonchev–Trinajstić information content (AvgIpc) is 2.55. The van der Waals surface area contributed by atoms with Crippen LogP contribution in [0.4, 0.5) is 0 Å². The number of ether oxygens (including phenoxy) is 1. The number of carbonyl (C=O) groups is 2. The van der Waals surface area contributed by atoms with Gasteiger partial charge in [-0.3, -0.25) is 4.79 Å². The van der Waals surface area contributed by atoms with Crippen LogP contribution in [0.5, 0.6) is 0 Å². The van der Waals surface area contributed by atoms with Gasteiger partial charge in [0.25, 0.3) is 0 Å². The van der Waals surface area contributed by atoms with Gasteiger partial charge in [0.05, 0.1) is 17.8 Å². The summed E-state index contributed by atoms with van der Waals surface area (Å²) in [4.78, 5) is 24.8. The van der Waals surface area contributed by atoms with Crippen molar-refractivity contribution in [1.82, 2.24) is 0 Å². The maximum Gasteiger partial charge on any atom is 0.344 e. The molecule has 0 unspecified atom stereocenters. The summed E-state index contributed by atoms with van der Waals surface area (Å²) in [6.07, 6.45) is 0. The Kier molecular flexibility index (Phi) is 5.79. The number of hydrogen-bond acceptors (Lipinski definition) is 4. The molecular weight excluding hydrogens is 429 g/mol. The molecule has 2 aromatic carbocycles. The number of rotatable bonds is 4. The van der Waals surface area contributed by atoms with Crippen molar-refractivity contribution in [3.8, 4) is 0 Å². The Morgan fingerprint density at radius 1 is 1.09 bits per heavy atom. The lowest BCUT2D eigenvalue weighted by Gasteiger charge is -2.11. The van der Waals surface area contributed by atoms with Crippen LogP contribution in [0.25, 0.3) is 5.70 Å². The fourth-order valence-corrected chi connectivity index (χ4v) is 2.56. The van der Waals surface area contributed by atoms with Gasteiger partial charge in [-0.1, -0.05) is 35.9 Å². The predicted octanol–water partition coefficient (Wildman–Crippen LogP) is 3.67. The first-order valence-electron chi connectivity index (χ1n) is 6.59. The smallest absolute Gasteiger partial charge is 0.344 e. The van der Waals surface area contributed by atoms with Crippen LogP contribution < -0.4 is 5.73 Å². The lowest BCUT2D eigenvalue weighted by molar-refractivity contribution is -0.135. The van der Waals surface area contributed by atoms with Crippen LogP contribution in [0.2, 0.25) is 5.02 Å². The number of methoxy groups -OCH3 is 1. The highest BCUT2D eigenvalue weighted by atomic mass is 127. The van der Waals surface area contributed by atoms with Crippen LogP contribution in [0, 0.1) is 3.57 Å². The van der Waals surface area contributed by atoms with Crippen LogP contribution >= 0.6 is 34.2 Å². The average molecular weight is 442 g/mol. The molecule has 2 N–H and O–H groups in total. The minimum absolute atomic E-state index is 0.0539. The van der Waals surface area contributed by atoms with Crippen molar-refractivity contribution >= 4 is 51.6 Å². The second-order valence-electron chi connectivity index (χ2n) is 4.60. The molecule has 2 rings (SSSR count). The number of halogens is 2. The monoisotopic (exact) mass is 441 g/mol. The first-order valence-corrected chi connectivity index (χ1v) is 8.04. The van der Waals surface area contributed by atoms with Gasteiger partial charge in [-0.05, 0) is 52.4 Å². The summed E-state index contributed by atoms with van der Waals surface area (Å²) < 4.78 is 5.73. The number of nitrogens with two attached hydrogens (primary N) is 1. The predicted molar refractivity (Wildman–Crippen MR) is 98.1 cm³/mol.